The van der Waals surface area contributed by atoms with E-state index in [1.165, 1.54) is 6.07 Å². The molecule has 0 radical (unpaired) electrons. The van der Waals surface area contributed by atoms with E-state index in [1.807, 2.05) is 31.2 Å². The molecule has 1 fully saturated rings. The van der Waals surface area contributed by atoms with Crippen LogP contribution >= 0.6 is 0 Å². The molecule has 0 spiro atoms. The second-order valence-corrected chi connectivity index (χ2v) is 7.35. The van der Waals surface area contributed by atoms with Gasteiger partial charge in [0.05, 0.1) is 11.8 Å². The lowest BCUT2D eigenvalue weighted by molar-refractivity contribution is -0.153. The number of benzene rings is 1. The minimum atomic E-state index is -0.690. The number of amides is 2. The van der Waals surface area contributed by atoms with Crippen LogP contribution in [-0.4, -0.2) is 29.2 Å². The van der Waals surface area contributed by atoms with Gasteiger partial charge in [-0.1, -0.05) is 31.2 Å². The molecule has 7 nitrogen and oxygen atoms in total. The Bertz CT molecular complexity index is 1060. The maximum Gasteiger partial charge on any atom is 0.336 e. The number of aryl methyl sites for hydroxylation is 1. The largest absolute Gasteiger partial charge is 0.459 e. The molecule has 2 amide bonds. The predicted octanol–water partition coefficient (Wildman–Crippen LogP) is 2.35. The number of fused-ring (bicyclic) bond motifs is 2. The summed E-state index contributed by atoms with van der Waals surface area (Å²) in [6.07, 6.45) is 5.63. The molecule has 1 aromatic carbocycles. The first-order valence-corrected chi connectivity index (χ1v) is 9.69. The number of ether oxygens (including phenoxy) is 1. The number of carbonyl (C=O) groups is 3. The molecule has 7 heteroatoms. The monoisotopic (exact) mass is 395 g/mol. The SMILES string of the molecule is CCc1ccc2c(COC(=O)CN3C(=O)[C@@H]4CC=CC[C@H]4C3=O)cc(=O)oc2c1. The van der Waals surface area contributed by atoms with Gasteiger partial charge in [0.15, 0.2) is 0 Å². The Kier molecular flexibility index (Phi) is 5.05. The van der Waals surface area contributed by atoms with Gasteiger partial charge in [-0.25, -0.2) is 4.79 Å². The highest BCUT2D eigenvalue weighted by atomic mass is 16.5. The first-order valence-electron chi connectivity index (χ1n) is 9.69. The molecule has 2 aliphatic rings. The van der Waals surface area contributed by atoms with E-state index in [-0.39, 0.29) is 30.3 Å². The zero-order chi connectivity index (χ0) is 20.5. The van der Waals surface area contributed by atoms with Gasteiger partial charge in [-0.15, -0.1) is 0 Å². The molecule has 29 heavy (non-hydrogen) atoms. The number of allylic oxidation sites excluding steroid dienone is 2. The van der Waals surface area contributed by atoms with E-state index in [0.29, 0.717) is 29.4 Å². The van der Waals surface area contributed by atoms with Gasteiger partial charge in [-0.2, -0.15) is 0 Å². The van der Waals surface area contributed by atoms with E-state index in [4.69, 9.17) is 9.15 Å². The van der Waals surface area contributed by atoms with Crippen LogP contribution in [0.3, 0.4) is 0 Å². The fraction of sp³-hybridized carbons (Fsp3) is 0.364. The molecule has 0 unspecified atom stereocenters. The summed E-state index contributed by atoms with van der Waals surface area (Å²) in [5.74, 6) is -2.09. The Morgan fingerprint density at radius 3 is 2.45 bits per heavy atom. The van der Waals surface area contributed by atoms with E-state index >= 15 is 0 Å². The zero-order valence-electron chi connectivity index (χ0n) is 16.1. The van der Waals surface area contributed by atoms with E-state index in [9.17, 15) is 19.2 Å². The lowest BCUT2D eigenvalue weighted by atomic mass is 9.85. The third kappa shape index (κ3) is 3.60. The van der Waals surface area contributed by atoms with Crippen LogP contribution < -0.4 is 5.63 Å². The van der Waals surface area contributed by atoms with Crippen LogP contribution in [0.2, 0.25) is 0 Å². The number of imide groups is 1. The third-order valence-electron chi connectivity index (χ3n) is 5.58. The second kappa shape index (κ2) is 7.66. The molecular formula is C22H21NO6. The third-order valence-corrected chi connectivity index (χ3v) is 5.58. The molecule has 0 saturated carbocycles. The molecule has 2 atom stereocenters. The molecule has 1 aliphatic carbocycles. The molecule has 2 heterocycles. The topological polar surface area (TPSA) is 93.9 Å². The van der Waals surface area contributed by atoms with Crippen LogP contribution in [-0.2, 0) is 32.1 Å². The van der Waals surface area contributed by atoms with Crippen molar-refractivity contribution in [2.45, 2.75) is 32.8 Å². The molecule has 4 rings (SSSR count). The van der Waals surface area contributed by atoms with Crippen molar-refractivity contribution in [2.75, 3.05) is 6.54 Å². The van der Waals surface area contributed by atoms with Crippen molar-refractivity contribution in [3.8, 4) is 0 Å². The Morgan fingerprint density at radius 1 is 1.10 bits per heavy atom. The van der Waals surface area contributed by atoms with Gasteiger partial charge in [-0.3, -0.25) is 19.3 Å². The highest BCUT2D eigenvalue weighted by Gasteiger charge is 2.47. The van der Waals surface area contributed by atoms with Crippen LogP contribution in [0.5, 0.6) is 0 Å². The van der Waals surface area contributed by atoms with Gasteiger partial charge in [0.2, 0.25) is 11.8 Å². The molecule has 1 aromatic heterocycles. The van der Waals surface area contributed by atoms with E-state index < -0.39 is 18.1 Å². The van der Waals surface area contributed by atoms with E-state index in [0.717, 1.165) is 16.9 Å². The standard InChI is InChI=1S/C22H21NO6/c1-2-13-7-8-15-14(10-19(24)29-18(15)9-13)12-28-20(25)11-23-21(26)16-5-3-4-6-17(16)22(23)27/h3-4,7-10,16-17H,2,5-6,11-12H2,1H3/t16-,17-/m1/s1. The Morgan fingerprint density at radius 2 is 1.79 bits per heavy atom. The summed E-state index contributed by atoms with van der Waals surface area (Å²) >= 11 is 0. The maximum atomic E-state index is 12.4. The maximum absolute atomic E-state index is 12.4. The lowest BCUT2D eigenvalue weighted by Crippen LogP contribution is -2.36. The van der Waals surface area contributed by atoms with Gasteiger partial charge in [0.25, 0.3) is 0 Å². The summed E-state index contributed by atoms with van der Waals surface area (Å²) < 4.78 is 10.5. The highest BCUT2D eigenvalue weighted by Crippen LogP contribution is 2.34. The normalized spacial score (nSPS) is 20.9. The molecule has 0 bridgehead atoms. The molecule has 1 saturated heterocycles. The van der Waals surface area contributed by atoms with Crippen molar-refractivity contribution in [3.63, 3.8) is 0 Å². The molecular weight excluding hydrogens is 374 g/mol. The number of rotatable bonds is 5. The average molecular weight is 395 g/mol. The van der Waals surface area contributed by atoms with Gasteiger partial charge < -0.3 is 9.15 Å². The van der Waals surface area contributed by atoms with Crippen LogP contribution in [0.25, 0.3) is 11.0 Å². The van der Waals surface area contributed by atoms with Crippen LogP contribution in [0, 0.1) is 11.8 Å². The van der Waals surface area contributed by atoms with Crippen LogP contribution in [0.1, 0.15) is 30.9 Å². The van der Waals surface area contributed by atoms with Crippen LogP contribution in [0.15, 0.2) is 45.6 Å². The van der Waals surface area contributed by atoms with Crippen LogP contribution in [0.4, 0.5) is 0 Å². The number of hydrogen-bond acceptors (Lipinski definition) is 6. The molecule has 2 aromatic rings. The number of likely N-dealkylation sites (tertiary alicyclic amines) is 1. The lowest BCUT2D eigenvalue weighted by Gasteiger charge is -2.14. The Hall–Kier alpha value is -3.22. The van der Waals surface area contributed by atoms with E-state index in [2.05, 4.69) is 0 Å². The van der Waals surface area contributed by atoms with Crippen molar-refractivity contribution in [2.24, 2.45) is 11.8 Å². The quantitative estimate of drug-likeness (QED) is 0.334. The predicted molar refractivity (Wildman–Crippen MR) is 104 cm³/mol. The number of nitrogens with zero attached hydrogens (tertiary/aromatic N) is 1. The van der Waals surface area contributed by atoms with E-state index in [1.54, 1.807) is 6.07 Å². The fourth-order valence-corrected chi connectivity index (χ4v) is 3.97. The van der Waals surface area contributed by atoms with Crippen molar-refractivity contribution < 1.29 is 23.5 Å². The van der Waals surface area contributed by atoms with Gasteiger partial charge in [-0.05, 0) is 30.9 Å². The average Bonchev–Trinajstić information content (AvgIpc) is 2.96. The van der Waals surface area contributed by atoms with Gasteiger partial charge in [0, 0.05) is 17.0 Å². The summed E-state index contributed by atoms with van der Waals surface area (Å²) in [5, 5.41) is 0.681. The smallest absolute Gasteiger partial charge is 0.336 e. The number of hydrogen-bond donors (Lipinski definition) is 0. The minimum Gasteiger partial charge on any atom is -0.459 e. The fourth-order valence-electron chi connectivity index (χ4n) is 3.97. The van der Waals surface area contributed by atoms with Crippen molar-refractivity contribution in [3.05, 3.63) is 58.0 Å². The second-order valence-electron chi connectivity index (χ2n) is 7.35. The zero-order valence-corrected chi connectivity index (χ0v) is 16.1. The molecule has 1 aliphatic heterocycles. The minimum absolute atomic E-state index is 0.142. The van der Waals surface area contributed by atoms with Gasteiger partial charge >= 0.3 is 11.6 Å². The molecule has 150 valence electrons. The Balaban J connectivity index is 1.46. The summed E-state index contributed by atoms with van der Waals surface area (Å²) in [5.41, 5.74) is 1.45. The number of carbonyl (C=O) groups excluding carboxylic acids is 3. The highest BCUT2D eigenvalue weighted by molar-refractivity contribution is 6.07. The van der Waals surface area contributed by atoms with Crippen molar-refractivity contribution in [1.29, 1.82) is 0 Å². The summed E-state index contributed by atoms with van der Waals surface area (Å²) in [4.78, 5) is 50.0. The van der Waals surface area contributed by atoms with Crippen molar-refractivity contribution in [1.82, 2.24) is 4.90 Å². The summed E-state index contributed by atoms with van der Waals surface area (Å²) in [6.45, 7) is 1.44. The van der Waals surface area contributed by atoms with Crippen molar-refractivity contribution >= 4 is 28.8 Å². The summed E-state index contributed by atoms with van der Waals surface area (Å²) in [7, 11) is 0. The molecule has 0 N–H and O–H groups in total. The first-order chi connectivity index (χ1) is 14.0. The first kappa shape index (κ1) is 19.1. The number of esters is 1. The van der Waals surface area contributed by atoms with Gasteiger partial charge in [0.1, 0.15) is 18.7 Å². The Labute approximate surface area is 166 Å². The summed E-state index contributed by atoms with van der Waals surface area (Å²) in [6, 6.07) is 6.82.